The largest absolute Gasteiger partial charge is 0.465 e. The zero-order chi connectivity index (χ0) is 10.1. The minimum atomic E-state index is -0.884. The topological polar surface area (TPSA) is 40.5 Å². The number of nitrogens with zero attached hydrogens (tertiary/aromatic N) is 1. The molecule has 1 aromatic rings. The molecule has 2 rings (SSSR count). The van der Waals surface area contributed by atoms with E-state index in [9.17, 15) is 4.79 Å². The van der Waals surface area contributed by atoms with E-state index in [0.717, 1.165) is 23.2 Å². The number of anilines is 1. The normalized spacial score (nSPS) is 13.9. The summed E-state index contributed by atoms with van der Waals surface area (Å²) in [4.78, 5) is 12.2. The fourth-order valence-corrected chi connectivity index (χ4v) is 1.72. The van der Waals surface area contributed by atoms with Crippen LogP contribution in [-0.2, 0) is 6.42 Å². The minimum Gasteiger partial charge on any atom is -0.465 e. The number of hydrogen-bond acceptors (Lipinski definition) is 1. The van der Waals surface area contributed by atoms with E-state index >= 15 is 0 Å². The first kappa shape index (κ1) is 8.81. The Balaban J connectivity index is 2.46. The van der Waals surface area contributed by atoms with Crippen LogP contribution in [0.15, 0.2) is 24.8 Å². The third-order valence-corrected chi connectivity index (χ3v) is 2.47. The molecule has 1 heterocycles. The van der Waals surface area contributed by atoms with Crippen LogP contribution in [0.25, 0.3) is 6.08 Å². The fraction of sp³-hybridized carbons (Fsp3) is 0.182. The molecule has 3 heteroatoms. The lowest BCUT2D eigenvalue weighted by Crippen LogP contribution is -2.26. The highest BCUT2D eigenvalue weighted by atomic mass is 16.4. The Labute approximate surface area is 82.3 Å². The third kappa shape index (κ3) is 1.27. The maximum absolute atomic E-state index is 10.9. The van der Waals surface area contributed by atoms with Crippen molar-refractivity contribution >= 4 is 17.9 Å². The van der Waals surface area contributed by atoms with Crippen molar-refractivity contribution in [2.75, 3.05) is 11.4 Å². The zero-order valence-corrected chi connectivity index (χ0v) is 7.73. The van der Waals surface area contributed by atoms with Gasteiger partial charge in [-0.05, 0) is 23.6 Å². The lowest BCUT2D eigenvalue weighted by Gasteiger charge is -2.12. The summed E-state index contributed by atoms with van der Waals surface area (Å²) in [7, 11) is 0. The second kappa shape index (κ2) is 3.18. The number of carbonyl (C=O) groups is 1. The van der Waals surface area contributed by atoms with Crippen LogP contribution in [0.2, 0.25) is 0 Å². The predicted octanol–water partition coefficient (Wildman–Crippen LogP) is 2.37. The van der Waals surface area contributed by atoms with Gasteiger partial charge in [-0.3, -0.25) is 4.90 Å². The van der Waals surface area contributed by atoms with Crippen LogP contribution in [0.1, 0.15) is 11.1 Å². The van der Waals surface area contributed by atoms with E-state index in [1.807, 2.05) is 18.2 Å². The molecule has 0 bridgehead atoms. The molecule has 0 spiro atoms. The molecule has 1 aromatic carbocycles. The molecular formula is C11H11NO2. The van der Waals surface area contributed by atoms with Gasteiger partial charge in [-0.25, -0.2) is 4.79 Å². The highest BCUT2D eigenvalue weighted by molar-refractivity contribution is 5.89. The van der Waals surface area contributed by atoms with E-state index in [2.05, 4.69) is 6.58 Å². The van der Waals surface area contributed by atoms with Gasteiger partial charge in [0, 0.05) is 6.54 Å². The average molecular weight is 189 g/mol. The first-order valence-corrected chi connectivity index (χ1v) is 4.48. The van der Waals surface area contributed by atoms with Crippen molar-refractivity contribution in [3.63, 3.8) is 0 Å². The Kier molecular flexibility index (Phi) is 2.00. The Morgan fingerprint density at radius 3 is 3.00 bits per heavy atom. The van der Waals surface area contributed by atoms with E-state index < -0.39 is 6.09 Å². The molecule has 14 heavy (non-hydrogen) atoms. The number of carboxylic acid groups (broad SMARTS) is 1. The van der Waals surface area contributed by atoms with Crippen LogP contribution in [0.4, 0.5) is 10.5 Å². The summed E-state index contributed by atoms with van der Waals surface area (Å²) < 4.78 is 0. The quantitative estimate of drug-likeness (QED) is 0.736. The van der Waals surface area contributed by atoms with Crippen molar-refractivity contribution in [3.8, 4) is 0 Å². The monoisotopic (exact) mass is 189 g/mol. The number of fused-ring (bicyclic) bond motifs is 1. The highest BCUT2D eigenvalue weighted by Crippen LogP contribution is 2.29. The minimum absolute atomic E-state index is 0.561. The van der Waals surface area contributed by atoms with E-state index in [1.165, 1.54) is 4.90 Å². The molecule has 0 saturated heterocycles. The molecule has 1 aliphatic rings. The van der Waals surface area contributed by atoms with Crippen molar-refractivity contribution in [1.29, 1.82) is 0 Å². The second-order valence-corrected chi connectivity index (χ2v) is 3.28. The number of benzene rings is 1. The molecule has 1 aliphatic heterocycles. The molecule has 0 unspecified atom stereocenters. The van der Waals surface area contributed by atoms with Crippen molar-refractivity contribution in [3.05, 3.63) is 35.9 Å². The van der Waals surface area contributed by atoms with Gasteiger partial charge in [0.1, 0.15) is 0 Å². The van der Waals surface area contributed by atoms with E-state index in [4.69, 9.17) is 5.11 Å². The zero-order valence-electron chi connectivity index (χ0n) is 7.73. The maximum Gasteiger partial charge on any atom is 0.411 e. The van der Waals surface area contributed by atoms with Gasteiger partial charge < -0.3 is 5.11 Å². The molecule has 0 atom stereocenters. The van der Waals surface area contributed by atoms with Crippen molar-refractivity contribution in [2.24, 2.45) is 0 Å². The van der Waals surface area contributed by atoms with Crippen molar-refractivity contribution in [2.45, 2.75) is 6.42 Å². The lowest BCUT2D eigenvalue weighted by atomic mass is 10.1. The number of hydrogen-bond donors (Lipinski definition) is 1. The van der Waals surface area contributed by atoms with Crippen LogP contribution in [-0.4, -0.2) is 17.7 Å². The van der Waals surface area contributed by atoms with Crippen LogP contribution < -0.4 is 4.90 Å². The van der Waals surface area contributed by atoms with E-state index in [0.29, 0.717) is 6.54 Å². The molecule has 3 nitrogen and oxygen atoms in total. The van der Waals surface area contributed by atoms with Gasteiger partial charge in [-0.15, -0.1) is 0 Å². The molecular weight excluding hydrogens is 178 g/mol. The van der Waals surface area contributed by atoms with Crippen LogP contribution >= 0.6 is 0 Å². The van der Waals surface area contributed by atoms with Crippen LogP contribution in [0.5, 0.6) is 0 Å². The van der Waals surface area contributed by atoms with Gasteiger partial charge in [0.15, 0.2) is 0 Å². The standard InChI is InChI=1S/C11H11NO2/c1-2-8-3-4-9-5-6-12(11(13)14)10(9)7-8/h2-4,7H,1,5-6H2,(H,13,14). The smallest absolute Gasteiger partial charge is 0.411 e. The van der Waals surface area contributed by atoms with Crippen LogP contribution in [0, 0.1) is 0 Å². The first-order valence-electron chi connectivity index (χ1n) is 4.48. The van der Waals surface area contributed by atoms with Gasteiger partial charge in [0.25, 0.3) is 0 Å². The maximum atomic E-state index is 10.9. The Morgan fingerprint density at radius 1 is 1.57 bits per heavy atom. The van der Waals surface area contributed by atoms with Gasteiger partial charge in [-0.1, -0.05) is 24.8 Å². The van der Waals surface area contributed by atoms with Gasteiger partial charge >= 0.3 is 6.09 Å². The average Bonchev–Trinajstić information content (AvgIpc) is 2.59. The molecule has 72 valence electrons. The van der Waals surface area contributed by atoms with Gasteiger partial charge in [0.05, 0.1) is 5.69 Å². The first-order chi connectivity index (χ1) is 6.72. The molecule has 0 aromatic heterocycles. The van der Waals surface area contributed by atoms with Crippen molar-refractivity contribution < 1.29 is 9.90 Å². The number of amides is 1. The molecule has 0 aliphatic carbocycles. The summed E-state index contributed by atoms with van der Waals surface area (Å²) in [6, 6.07) is 5.79. The fourth-order valence-electron chi connectivity index (χ4n) is 1.72. The number of rotatable bonds is 1. The summed E-state index contributed by atoms with van der Waals surface area (Å²) in [6.07, 6.45) is 1.64. The molecule has 1 amide bonds. The summed E-state index contributed by atoms with van der Waals surface area (Å²) in [5, 5.41) is 8.92. The molecule has 0 fully saturated rings. The highest BCUT2D eigenvalue weighted by Gasteiger charge is 2.23. The summed E-state index contributed by atoms with van der Waals surface area (Å²) in [6.45, 7) is 4.22. The van der Waals surface area contributed by atoms with Gasteiger partial charge in [-0.2, -0.15) is 0 Å². The Morgan fingerprint density at radius 2 is 2.36 bits per heavy atom. The van der Waals surface area contributed by atoms with Crippen molar-refractivity contribution in [1.82, 2.24) is 0 Å². The second-order valence-electron chi connectivity index (χ2n) is 3.28. The predicted molar refractivity (Wildman–Crippen MR) is 55.6 cm³/mol. The Bertz CT molecular complexity index is 398. The van der Waals surface area contributed by atoms with Crippen LogP contribution in [0.3, 0.4) is 0 Å². The summed E-state index contributed by atoms with van der Waals surface area (Å²) in [5.41, 5.74) is 2.85. The Hall–Kier alpha value is -1.77. The van der Waals surface area contributed by atoms with Gasteiger partial charge in [0.2, 0.25) is 0 Å². The summed E-state index contributed by atoms with van der Waals surface area (Å²) >= 11 is 0. The lowest BCUT2D eigenvalue weighted by molar-refractivity contribution is 0.202. The molecule has 0 radical (unpaired) electrons. The van der Waals surface area contributed by atoms with E-state index in [-0.39, 0.29) is 0 Å². The molecule has 1 N–H and O–H groups in total. The summed E-state index contributed by atoms with van der Waals surface area (Å²) in [5.74, 6) is 0. The SMILES string of the molecule is C=Cc1ccc2c(c1)N(C(=O)O)CC2. The van der Waals surface area contributed by atoms with E-state index in [1.54, 1.807) is 6.08 Å². The molecule has 0 saturated carbocycles. The third-order valence-electron chi connectivity index (χ3n) is 2.47.